The van der Waals surface area contributed by atoms with Gasteiger partial charge in [-0.15, -0.1) is 0 Å². The SMILES string of the molecule is Cc1ccc(NC(=O)[C@@H]2[C@@H](c3ccccc3)n3ncnc3N[C@@H]2C)c(C)c1. The van der Waals surface area contributed by atoms with Crippen LogP contribution in [-0.4, -0.2) is 26.7 Å². The Morgan fingerprint density at radius 2 is 1.93 bits per heavy atom. The first-order valence-corrected chi connectivity index (χ1v) is 9.13. The molecular formula is C21H23N5O. The second kappa shape index (κ2) is 6.87. The average molecular weight is 361 g/mol. The van der Waals surface area contributed by atoms with Crippen molar-refractivity contribution in [1.29, 1.82) is 0 Å². The minimum absolute atomic E-state index is 0.0306. The molecule has 138 valence electrons. The van der Waals surface area contributed by atoms with E-state index in [0.717, 1.165) is 16.8 Å². The Kier molecular flexibility index (Phi) is 4.39. The number of fused-ring (bicyclic) bond motifs is 1. The maximum atomic E-state index is 13.3. The van der Waals surface area contributed by atoms with Crippen LogP contribution in [0.4, 0.5) is 11.6 Å². The Bertz CT molecular complexity index is 966. The van der Waals surface area contributed by atoms with Crippen molar-refractivity contribution in [3.63, 3.8) is 0 Å². The van der Waals surface area contributed by atoms with Crippen molar-refractivity contribution in [2.24, 2.45) is 5.92 Å². The van der Waals surface area contributed by atoms with Crippen molar-refractivity contribution >= 4 is 17.5 Å². The van der Waals surface area contributed by atoms with Crippen molar-refractivity contribution < 1.29 is 4.79 Å². The van der Waals surface area contributed by atoms with Gasteiger partial charge in [0.05, 0.1) is 12.0 Å². The first-order valence-electron chi connectivity index (χ1n) is 9.13. The lowest BCUT2D eigenvalue weighted by atomic mass is 9.85. The number of amides is 1. The molecular weight excluding hydrogens is 338 g/mol. The molecule has 4 rings (SSSR count). The summed E-state index contributed by atoms with van der Waals surface area (Å²) in [6, 6.07) is 15.7. The highest BCUT2D eigenvalue weighted by Gasteiger charge is 2.41. The van der Waals surface area contributed by atoms with Gasteiger partial charge in [0.1, 0.15) is 6.33 Å². The first-order chi connectivity index (χ1) is 13.0. The summed E-state index contributed by atoms with van der Waals surface area (Å²) in [6.45, 7) is 6.07. The molecule has 0 bridgehead atoms. The normalized spacial score (nSPS) is 21.2. The number of aryl methyl sites for hydroxylation is 2. The number of anilines is 2. The summed E-state index contributed by atoms with van der Waals surface area (Å²) in [4.78, 5) is 17.6. The van der Waals surface area contributed by atoms with E-state index in [1.54, 1.807) is 0 Å². The van der Waals surface area contributed by atoms with E-state index in [2.05, 4.69) is 26.8 Å². The highest BCUT2D eigenvalue weighted by atomic mass is 16.2. The van der Waals surface area contributed by atoms with E-state index in [1.165, 1.54) is 11.9 Å². The largest absolute Gasteiger partial charge is 0.351 e. The van der Waals surface area contributed by atoms with Crippen LogP contribution in [0.5, 0.6) is 0 Å². The lowest BCUT2D eigenvalue weighted by Gasteiger charge is -2.37. The molecule has 3 atom stereocenters. The maximum absolute atomic E-state index is 13.3. The molecule has 6 nitrogen and oxygen atoms in total. The van der Waals surface area contributed by atoms with E-state index >= 15 is 0 Å². The minimum Gasteiger partial charge on any atom is -0.351 e. The molecule has 1 aromatic heterocycles. The van der Waals surface area contributed by atoms with Gasteiger partial charge >= 0.3 is 0 Å². The number of carbonyl (C=O) groups is 1. The van der Waals surface area contributed by atoms with Crippen molar-refractivity contribution in [3.05, 3.63) is 71.5 Å². The van der Waals surface area contributed by atoms with E-state index in [0.29, 0.717) is 5.95 Å². The van der Waals surface area contributed by atoms with Crippen molar-refractivity contribution in [1.82, 2.24) is 14.8 Å². The van der Waals surface area contributed by atoms with Crippen LogP contribution in [0.1, 0.15) is 29.7 Å². The number of rotatable bonds is 3. The minimum atomic E-state index is -0.331. The molecule has 2 heterocycles. The van der Waals surface area contributed by atoms with Gasteiger partial charge < -0.3 is 10.6 Å². The Labute approximate surface area is 158 Å². The van der Waals surface area contributed by atoms with Crippen LogP contribution in [0, 0.1) is 19.8 Å². The molecule has 2 aromatic carbocycles. The fourth-order valence-electron chi connectivity index (χ4n) is 3.82. The molecule has 0 saturated heterocycles. The van der Waals surface area contributed by atoms with Gasteiger partial charge in [-0.3, -0.25) is 4.79 Å². The van der Waals surface area contributed by atoms with Crippen LogP contribution in [0.2, 0.25) is 0 Å². The van der Waals surface area contributed by atoms with Crippen LogP contribution < -0.4 is 10.6 Å². The van der Waals surface area contributed by atoms with Gasteiger partial charge in [-0.2, -0.15) is 10.1 Å². The Morgan fingerprint density at radius 3 is 2.67 bits per heavy atom. The molecule has 0 spiro atoms. The van der Waals surface area contributed by atoms with Crippen molar-refractivity contribution in [2.45, 2.75) is 32.9 Å². The molecule has 2 N–H and O–H groups in total. The number of carbonyl (C=O) groups excluding carboxylic acids is 1. The van der Waals surface area contributed by atoms with Gasteiger partial charge in [-0.1, -0.05) is 48.0 Å². The van der Waals surface area contributed by atoms with Gasteiger partial charge in [0.25, 0.3) is 0 Å². The Balaban J connectivity index is 1.71. The average Bonchev–Trinajstić information content (AvgIpc) is 3.11. The summed E-state index contributed by atoms with van der Waals surface area (Å²) in [6.07, 6.45) is 1.52. The van der Waals surface area contributed by atoms with Gasteiger partial charge in [-0.05, 0) is 38.0 Å². The molecule has 27 heavy (non-hydrogen) atoms. The summed E-state index contributed by atoms with van der Waals surface area (Å²) in [5.74, 6) is 0.325. The van der Waals surface area contributed by atoms with Crippen LogP contribution in [0.25, 0.3) is 0 Å². The number of aromatic nitrogens is 3. The summed E-state index contributed by atoms with van der Waals surface area (Å²) in [5, 5.41) is 10.8. The predicted molar refractivity (Wildman–Crippen MR) is 106 cm³/mol. The van der Waals surface area contributed by atoms with Crippen molar-refractivity contribution in [2.75, 3.05) is 10.6 Å². The van der Waals surface area contributed by atoms with Crippen LogP contribution in [0.15, 0.2) is 54.9 Å². The number of nitrogens with zero attached hydrogens (tertiary/aromatic N) is 3. The number of nitrogens with one attached hydrogen (secondary N) is 2. The number of hydrogen-bond donors (Lipinski definition) is 2. The van der Waals surface area contributed by atoms with Crippen LogP contribution >= 0.6 is 0 Å². The third kappa shape index (κ3) is 3.18. The summed E-state index contributed by atoms with van der Waals surface area (Å²) < 4.78 is 1.81. The summed E-state index contributed by atoms with van der Waals surface area (Å²) in [5.41, 5.74) is 4.11. The zero-order valence-electron chi connectivity index (χ0n) is 15.7. The molecule has 6 heteroatoms. The molecule has 0 aliphatic carbocycles. The lowest BCUT2D eigenvalue weighted by Crippen LogP contribution is -2.46. The Morgan fingerprint density at radius 1 is 1.15 bits per heavy atom. The topological polar surface area (TPSA) is 71.8 Å². The molecule has 1 aliphatic rings. The molecule has 0 unspecified atom stereocenters. The predicted octanol–water partition coefficient (Wildman–Crippen LogP) is 3.55. The van der Waals surface area contributed by atoms with E-state index in [-0.39, 0.29) is 23.9 Å². The third-order valence-corrected chi connectivity index (χ3v) is 5.16. The molecule has 1 amide bonds. The quantitative estimate of drug-likeness (QED) is 0.748. The summed E-state index contributed by atoms with van der Waals surface area (Å²) in [7, 11) is 0. The van der Waals surface area contributed by atoms with Crippen molar-refractivity contribution in [3.8, 4) is 0 Å². The van der Waals surface area contributed by atoms with Gasteiger partial charge in [0, 0.05) is 11.7 Å². The van der Waals surface area contributed by atoms with E-state index in [1.807, 2.05) is 67.9 Å². The highest BCUT2D eigenvalue weighted by molar-refractivity contribution is 5.94. The van der Waals surface area contributed by atoms with E-state index in [4.69, 9.17) is 0 Å². The van der Waals surface area contributed by atoms with Gasteiger partial charge in [0.2, 0.25) is 11.9 Å². The number of benzene rings is 2. The maximum Gasteiger partial charge on any atom is 0.232 e. The highest BCUT2D eigenvalue weighted by Crippen LogP contribution is 2.36. The lowest BCUT2D eigenvalue weighted by molar-refractivity contribution is -0.121. The third-order valence-electron chi connectivity index (χ3n) is 5.16. The van der Waals surface area contributed by atoms with E-state index < -0.39 is 0 Å². The molecule has 0 fully saturated rings. The molecule has 3 aromatic rings. The van der Waals surface area contributed by atoms with Crippen LogP contribution in [0.3, 0.4) is 0 Å². The first kappa shape index (κ1) is 17.3. The van der Waals surface area contributed by atoms with Crippen LogP contribution in [-0.2, 0) is 4.79 Å². The fraction of sp³-hybridized carbons (Fsp3) is 0.286. The second-order valence-corrected chi connectivity index (χ2v) is 7.15. The van der Waals surface area contributed by atoms with Gasteiger partial charge in [-0.25, -0.2) is 4.68 Å². The standard InChI is InChI=1S/C21H23N5O/c1-13-9-10-17(14(2)11-13)25-20(27)18-15(3)24-21-22-12-23-26(21)19(18)16-7-5-4-6-8-16/h4-12,15,18-19H,1-3H3,(H,25,27)(H,22,23,24)/t15-,18+,19-/m1/s1. The zero-order chi connectivity index (χ0) is 19.0. The smallest absolute Gasteiger partial charge is 0.232 e. The fourth-order valence-corrected chi connectivity index (χ4v) is 3.82. The monoisotopic (exact) mass is 361 g/mol. The van der Waals surface area contributed by atoms with E-state index in [9.17, 15) is 4.79 Å². The molecule has 1 aliphatic heterocycles. The number of hydrogen-bond acceptors (Lipinski definition) is 4. The zero-order valence-corrected chi connectivity index (χ0v) is 15.7. The summed E-state index contributed by atoms with van der Waals surface area (Å²) >= 11 is 0. The van der Waals surface area contributed by atoms with Gasteiger partial charge in [0.15, 0.2) is 0 Å². The Hall–Kier alpha value is -3.15. The molecule has 0 saturated carbocycles. The molecule has 0 radical (unpaired) electrons. The second-order valence-electron chi connectivity index (χ2n) is 7.15.